The average molecular weight is 232 g/mol. The van der Waals surface area contributed by atoms with Crippen molar-refractivity contribution in [1.82, 2.24) is 19.9 Å². The third kappa shape index (κ3) is 2.47. The Morgan fingerprint density at radius 1 is 1.35 bits per heavy atom. The molecule has 0 saturated heterocycles. The predicted octanol–water partition coefficient (Wildman–Crippen LogP) is 2.22. The quantitative estimate of drug-likeness (QED) is 0.859. The Morgan fingerprint density at radius 3 is 2.88 bits per heavy atom. The highest BCUT2D eigenvalue weighted by Gasteiger charge is 2.18. The molecule has 2 aromatic rings. The van der Waals surface area contributed by atoms with E-state index >= 15 is 0 Å². The van der Waals surface area contributed by atoms with Gasteiger partial charge in [-0.25, -0.2) is 9.50 Å². The van der Waals surface area contributed by atoms with E-state index in [2.05, 4.69) is 42.2 Å². The molecule has 1 N–H and O–H groups in total. The lowest BCUT2D eigenvalue weighted by molar-refractivity contribution is 0.453. The van der Waals surface area contributed by atoms with E-state index in [9.17, 15) is 0 Å². The third-order valence-corrected chi connectivity index (χ3v) is 3.23. The summed E-state index contributed by atoms with van der Waals surface area (Å²) in [5, 5.41) is 7.64. The lowest BCUT2D eigenvalue weighted by Gasteiger charge is -2.22. The Kier molecular flexibility index (Phi) is 3.74. The van der Waals surface area contributed by atoms with Crippen LogP contribution in [0, 0.1) is 0 Å². The van der Waals surface area contributed by atoms with Crippen molar-refractivity contribution < 1.29 is 0 Å². The second kappa shape index (κ2) is 5.27. The summed E-state index contributed by atoms with van der Waals surface area (Å²) in [6.45, 7) is 7.56. The Balaban J connectivity index is 2.28. The van der Waals surface area contributed by atoms with Gasteiger partial charge in [0.05, 0.1) is 6.20 Å². The molecule has 0 bridgehead atoms. The summed E-state index contributed by atoms with van der Waals surface area (Å²) in [5.41, 5.74) is 2.07. The minimum Gasteiger partial charge on any atom is -0.314 e. The first-order chi connectivity index (χ1) is 8.26. The lowest BCUT2D eigenvalue weighted by atomic mass is 9.94. The lowest BCUT2D eigenvalue weighted by Crippen LogP contribution is -2.32. The van der Waals surface area contributed by atoms with Gasteiger partial charge in [0, 0.05) is 29.9 Å². The number of fused-ring (bicyclic) bond motifs is 1. The first-order valence-corrected chi connectivity index (χ1v) is 6.30. The summed E-state index contributed by atoms with van der Waals surface area (Å²) in [7, 11) is 0. The van der Waals surface area contributed by atoms with E-state index in [0.29, 0.717) is 12.0 Å². The highest BCUT2D eigenvalue weighted by atomic mass is 15.2. The Labute approximate surface area is 102 Å². The largest absolute Gasteiger partial charge is 0.314 e. The first kappa shape index (κ1) is 12.0. The summed E-state index contributed by atoms with van der Waals surface area (Å²) in [4.78, 5) is 4.67. The maximum absolute atomic E-state index is 4.67. The second-order valence-electron chi connectivity index (χ2n) is 4.35. The molecule has 2 aromatic heterocycles. The third-order valence-electron chi connectivity index (χ3n) is 3.23. The van der Waals surface area contributed by atoms with E-state index in [1.54, 1.807) is 10.7 Å². The number of hydrogen-bond acceptors (Lipinski definition) is 3. The second-order valence-corrected chi connectivity index (χ2v) is 4.35. The van der Waals surface area contributed by atoms with Crippen LogP contribution in [-0.2, 0) is 0 Å². The summed E-state index contributed by atoms with van der Waals surface area (Å²) < 4.78 is 1.80. The van der Waals surface area contributed by atoms with Crippen molar-refractivity contribution in [2.75, 3.05) is 6.54 Å². The van der Waals surface area contributed by atoms with E-state index in [-0.39, 0.29) is 0 Å². The van der Waals surface area contributed by atoms with Gasteiger partial charge in [0.25, 0.3) is 0 Å². The van der Waals surface area contributed by atoms with E-state index < -0.39 is 0 Å². The van der Waals surface area contributed by atoms with E-state index in [0.717, 1.165) is 24.3 Å². The van der Waals surface area contributed by atoms with Crippen molar-refractivity contribution in [3.8, 4) is 0 Å². The maximum atomic E-state index is 4.67. The summed E-state index contributed by atoms with van der Waals surface area (Å²) in [6, 6.07) is 4.46. The number of nitrogens with zero attached hydrogens (tertiary/aromatic N) is 3. The van der Waals surface area contributed by atoms with Crippen molar-refractivity contribution in [3.63, 3.8) is 0 Å². The zero-order valence-electron chi connectivity index (χ0n) is 10.7. The fraction of sp³-hybridized carbons (Fsp3) is 0.538. The van der Waals surface area contributed by atoms with Gasteiger partial charge >= 0.3 is 0 Å². The van der Waals surface area contributed by atoms with Crippen molar-refractivity contribution in [2.24, 2.45) is 0 Å². The van der Waals surface area contributed by atoms with E-state index in [1.807, 2.05) is 12.3 Å². The SMILES string of the molecule is CCNC(C)C(CC)c1ccn2nccc2n1. The smallest absolute Gasteiger partial charge is 0.155 e. The van der Waals surface area contributed by atoms with Gasteiger partial charge in [-0.3, -0.25) is 0 Å². The molecule has 2 unspecified atom stereocenters. The molecule has 0 radical (unpaired) electrons. The molecule has 0 aliphatic rings. The van der Waals surface area contributed by atoms with E-state index in [1.165, 1.54) is 0 Å². The molecule has 0 spiro atoms. The molecule has 17 heavy (non-hydrogen) atoms. The number of aromatic nitrogens is 3. The van der Waals surface area contributed by atoms with Gasteiger partial charge < -0.3 is 5.32 Å². The van der Waals surface area contributed by atoms with Gasteiger partial charge in [-0.05, 0) is 26.0 Å². The van der Waals surface area contributed by atoms with Crippen LogP contribution in [0.15, 0.2) is 24.5 Å². The van der Waals surface area contributed by atoms with Crippen LogP contribution in [0.4, 0.5) is 0 Å². The van der Waals surface area contributed by atoms with Crippen molar-refractivity contribution in [1.29, 1.82) is 0 Å². The van der Waals surface area contributed by atoms with Gasteiger partial charge in [0.15, 0.2) is 5.65 Å². The van der Waals surface area contributed by atoms with Crippen LogP contribution in [0.2, 0.25) is 0 Å². The molecule has 0 amide bonds. The number of rotatable bonds is 5. The minimum absolute atomic E-state index is 0.447. The topological polar surface area (TPSA) is 42.2 Å². The fourth-order valence-corrected chi connectivity index (χ4v) is 2.32. The van der Waals surface area contributed by atoms with Crippen LogP contribution < -0.4 is 5.32 Å². The normalized spacial score (nSPS) is 15.0. The molecule has 2 rings (SSSR count). The molecule has 2 atom stereocenters. The average Bonchev–Trinajstić information content (AvgIpc) is 2.77. The molecule has 0 fully saturated rings. The first-order valence-electron chi connectivity index (χ1n) is 6.30. The number of likely N-dealkylation sites (N-methyl/N-ethyl adjacent to an activating group) is 1. The molecule has 4 heteroatoms. The Morgan fingerprint density at radius 2 is 2.18 bits per heavy atom. The molecule has 2 heterocycles. The highest BCUT2D eigenvalue weighted by Crippen LogP contribution is 2.21. The highest BCUT2D eigenvalue weighted by molar-refractivity contribution is 5.37. The molecule has 4 nitrogen and oxygen atoms in total. The van der Waals surface area contributed by atoms with Crippen LogP contribution >= 0.6 is 0 Å². The minimum atomic E-state index is 0.447. The van der Waals surface area contributed by atoms with Crippen LogP contribution in [0.25, 0.3) is 5.65 Å². The Bertz CT molecular complexity index is 477. The van der Waals surface area contributed by atoms with Gasteiger partial charge in [0.2, 0.25) is 0 Å². The van der Waals surface area contributed by atoms with Gasteiger partial charge in [-0.15, -0.1) is 0 Å². The molecule has 0 aliphatic carbocycles. The number of nitrogens with one attached hydrogen (secondary N) is 1. The molecular formula is C13H20N4. The zero-order chi connectivity index (χ0) is 12.3. The summed E-state index contributed by atoms with van der Waals surface area (Å²) in [6.07, 6.45) is 4.85. The molecular weight excluding hydrogens is 212 g/mol. The standard InChI is InChI=1S/C13H20N4/c1-4-11(10(3)14-5-2)12-7-9-17-13(16-12)6-8-15-17/h6-11,14H,4-5H2,1-3H3. The maximum Gasteiger partial charge on any atom is 0.155 e. The molecule has 0 aromatic carbocycles. The summed E-state index contributed by atoms with van der Waals surface area (Å²) in [5.74, 6) is 0.454. The van der Waals surface area contributed by atoms with Gasteiger partial charge in [-0.1, -0.05) is 13.8 Å². The molecule has 0 aliphatic heterocycles. The van der Waals surface area contributed by atoms with Crippen molar-refractivity contribution >= 4 is 5.65 Å². The predicted molar refractivity (Wildman–Crippen MR) is 69.2 cm³/mol. The van der Waals surface area contributed by atoms with Gasteiger partial charge in [-0.2, -0.15) is 5.10 Å². The van der Waals surface area contributed by atoms with Crippen LogP contribution in [0.3, 0.4) is 0 Å². The Hall–Kier alpha value is -1.42. The van der Waals surface area contributed by atoms with E-state index in [4.69, 9.17) is 0 Å². The molecule has 0 saturated carbocycles. The van der Waals surface area contributed by atoms with Crippen LogP contribution in [0.1, 0.15) is 38.8 Å². The van der Waals surface area contributed by atoms with Crippen molar-refractivity contribution in [2.45, 2.75) is 39.2 Å². The fourth-order valence-electron chi connectivity index (χ4n) is 2.32. The van der Waals surface area contributed by atoms with Crippen LogP contribution in [0.5, 0.6) is 0 Å². The van der Waals surface area contributed by atoms with Crippen molar-refractivity contribution in [3.05, 3.63) is 30.2 Å². The molecule has 92 valence electrons. The van der Waals surface area contributed by atoms with Gasteiger partial charge in [0.1, 0.15) is 0 Å². The monoisotopic (exact) mass is 232 g/mol. The zero-order valence-corrected chi connectivity index (χ0v) is 10.7. The summed E-state index contributed by atoms with van der Waals surface area (Å²) >= 11 is 0. The van der Waals surface area contributed by atoms with Crippen LogP contribution in [-0.4, -0.2) is 27.2 Å². The number of hydrogen-bond donors (Lipinski definition) is 1.